The molecule has 21 heavy (non-hydrogen) atoms. The van der Waals surface area contributed by atoms with E-state index in [1.807, 2.05) is 12.1 Å². The first kappa shape index (κ1) is 13.5. The summed E-state index contributed by atoms with van der Waals surface area (Å²) in [5, 5.41) is 1.13. The van der Waals surface area contributed by atoms with Crippen LogP contribution in [0.25, 0.3) is 22.2 Å². The van der Waals surface area contributed by atoms with Gasteiger partial charge in [-0.25, -0.2) is 9.97 Å². The van der Waals surface area contributed by atoms with E-state index in [1.165, 1.54) is 6.33 Å². The van der Waals surface area contributed by atoms with Crippen molar-refractivity contribution in [2.24, 2.45) is 0 Å². The first-order valence-corrected chi connectivity index (χ1v) is 6.64. The van der Waals surface area contributed by atoms with Crippen LogP contribution in [0.3, 0.4) is 0 Å². The first-order chi connectivity index (χ1) is 10.2. The van der Waals surface area contributed by atoms with Gasteiger partial charge in [0.15, 0.2) is 0 Å². The van der Waals surface area contributed by atoms with E-state index in [0.29, 0.717) is 12.4 Å². The quantitative estimate of drug-likeness (QED) is 0.798. The summed E-state index contributed by atoms with van der Waals surface area (Å²) in [5.74, 6) is 0.457. The topological polar surface area (TPSA) is 73.9 Å². The molecule has 5 heteroatoms. The molecule has 0 fully saturated rings. The molecule has 3 aromatic rings. The highest BCUT2D eigenvalue weighted by Gasteiger charge is 2.07. The van der Waals surface area contributed by atoms with E-state index < -0.39 is 0 Å². The van der Waals surface area contributed by atoms with Crippen molar-refractivity contribution < 1.29 is 4.74 Å². The third-order valence-electron chi connectivity index (χ3n) is 3.35. The number of hydrogen-bond acceptors (Lipinski definition) is 5. The second-order valence-corrected chi connectivity index (χ2v) is 4.92. The number of aryl methyl sites for hydroxylation is 1. The van der Waals surface area contributed by atoms with Crippen molar-refractivity contribution in [1.29, 1.82) is 0 Å². The van der Waals surface area contributed by atoms with Crippen LogP contribution in [-0.2, 0) is 11.3 Å². The highest BCUT2D eigenvalue weighted by atomic mass is 16.5. The summed E-state index contributed by atoms with van der Waals surface area (Å²) in [4.78, 5) is 12.8. The summed E-state index contributed by atoms with van der Waals surface area (Å²) in [6, 6.07) is 9.93. The minimum absolute atomic E-state index is 0.457. The van der Waals surface area contributed by atoms with Gasteiger partial charge in [-0.2, -0.15) is 0 Å². The number of pyridine rings is 1. The number of nitrogen functional groups attached to an aromatic ring is 1. The zero-order valence-electron chi connectivity index (χ0n) is 12.0. The van der Waals surface area contributed by atoms with Gasteiger partial charge in [0.1, 0.15) is 12.1 Å². The molecule has 0 saturated carbocycles. The lowest BCUT2D eigenvalue weighted by atomic mass is 10.0. The van der Waals surface area contributed by atoms with Crippen LogP contribution in [-0.4, -0.2) is 22.1 Å². The van der Waals surface area contributed by atoms with E-state index in [9.17, 15) is 0 Å². The van der Waals surface area contributed by atoms with Gasteiger partial charge >= 0.3 is 0 Å². The van der Waals surface area contributed by atoms with E-state index in [0.717, 1.165) is 33.4 Å². The number of rotatable bonds is 3. The van der Waals surface area contributed by atoms with Crippen molar-refractivity contribution in [2.45, 2.75) is 13.5 Å². The number of anilines is 1. The molecule has 2 aromatic heterocycles. The Morgan fingerprint density at radius 3 is 2.76 bits per heavy atom. The van der Waals surface area contributed by atoms with Crippen molar-refractivity contribution in [1.82, 2.24) is 15.0 Å². The highest BCUT2D eigenvalue weighted by molar-refractivity contribution is 5.87. The third-order valence-corrected chi connectivity index (χ3v) is 3.35. The summed E-state index contributed by atoms with van der Waals surface area (Å²) in [5.41, 5.74) is 10.5. The lowest BCUT2D eigenvalue weighted by Gasteiger charge is -2.08. The maximum atomic E-state index is 5.73. The Kier molecular flexibility index (Phi) is 3.50. The molecule has 0 aliphatic heterocycles. The molecule has 0 bridgehead atoms. The average molecular weight is 280 g/mol. The van der Waals surface area contributed by atoms with Crippen molar-refractivity contribution in [3.05, 3.63) is 47.9 Å². The Morgan fingerprint density at radius 2 is 2.00 bits per heavy atom. The number of aromatic nitrogens is 3. The Morgan fingerprint density at radius 1 is 1.14 bits per heavy atom. The maximum Gasteiger partial charge on any atom is 0.127 e. The Bertz CT molecular complexity index is 801. The molecular weight excluding hydrogens is 264 g/mol. The smallest absolute Gasteiger partial charge is 0.127 e. The summed E-state index contributed by atoms with van der Waals surface area (Å²) in [7, 11) is 1.66. The number of fused-ring (bicyclic) bond motifs is 1. The summed E-state index contributed by atoms with van der Waals surface area (Å²) >= 11 is 0. The molecule has 5 nitrogen and oxygen atoms in total. The Hall–Kier alpha value is -2.53. The van der Waals surface area contributed by atoms with Gasteiger partial charge < -0.3 is 10.5 Å². The van der Waals surface area contributed by atoms with E-state index in [-0.39, 0.29) is 0 Å². The van der Waals surface area contributed by atoms with Crippen molar-refractivity contribution in [3.63, 3.8) is 0 Å². The van der Waals surface area contributed by atoms with Crippen LogP contribution in [0.1, 0.15) is 11.3 Å². The van der Waals surface area contributed by atoms with Crippen LogP contribution in [0.4, 0.5) is 5.82 Å². The fourth-order valence-corrected chi connectivity index (χ4v) is 2.37. The SMILES string of the molecule is COCc1ccc2c(C)cc(-c3cc(N)ncn3)cc2n1. The Balaban J connectivity index is 2.16. The number of methoxy groups -OCH3 is 1. The zero-order valence-corrected chi connectivity index (χ0v) is 12.0. The molecule has 0 unspecified atom stereocenters. The number of hydrogen-bond donors (Lipinski definition) is 1. The van der Waals surface area contributed by atoms with Crippen LogP contribution in [0.5, 0.6) is 0 Å². The van der Waals surface area contributed by atoms with Crippen LogP contribution < -0.4 is 5.73 Å². The Labute approximate surface area is 122 Å². The van der Waals surface area contributed by atoms with Crippen LogP contribution in [0, 0.1) is 6.92 Å². The minimum Gasteiger partial charge on any atom is -0.384 e. The molecule has 0 amide bonds. The van der Waals surface area contributed by atoms with Gasteiger partial charge in [-0.05, 0) is 30.7 Å². The zero-order chi connectivity index (χ0) is 14.8. The van der Waals surface area contributed by atoms with Crippen LogP contribution >= 0.6 is 0 Å². The molecule has 106 valence electrons. The predicted octanol–water partition coefficient (Wildman–Crippen LogP) is 2.73. The summed E-state index contributed by atoms with van der Waals surface area (Å²) in [6.45, 7) is 2.56. The molecule has 0 saturated heterocycles. The maximum absolute atomic E-state index is 5.73. The second kappa shape index (κ2) is 5.46. The number of nitrogens with zero attached hydrogens (tertiary/aromatic N) is 3. The molecule has 2 heterocycles. The lowest BCUT2D eigenvalue weighted by molar-refractivity contribution is 0.182. The van der Waals surface area contributed by atoms with Gasteiger partial charge in [-0.1, -0.05) is 6.07 Å². The van der Waals surface area contributed by atoms with E-state index >= 15 is 0 Å². The minimum atomic E-state index is 0.457. The third kappa shape index (κ3) is 2.68. The summed E-state index contributed by atoms with van der Waals surface area (Å²) < 4.78 is 5.14. The van der Waals surface area contributed by atoms with E-state index in [2.05, 4.69) is 34.0 Å². The van der Waals surface area contributed by atoms with Gasteiger partial charge in [0, 0.05) is 24.1 Å². The molecule has 2 N–H and O–H groups in total. The van der Waals surface area contributed by atoms with Crippen molar-refractivity contribution >= 4 is 16.7 Å². The fraction of sp³-hybridized carbons (Fsp3) is 0.188. The van der Waals surface area contributed by atoms with Gasteiger partial charge in [0.2, 0.25) is 0 Å². The van der Waals surface area contributed by atoms with Gasteiger partial charge in [-0.15, -0.1) is 0 Å². The molecule has 0 aliphatic rings. The van der Waals surface area contributed by atoms with Crippen LogP contribution in [0.15, 0.2) is 36.7 Å². The monoisotopic (exact) mass is 280 g/mol. The van der Waals surface area contributed by atoms with Gasteiger partial charge in [-0.3, -0.25) is 4.98 Å². The predicted molar refractivity (Wildman–Crippen MR) is 82.6 cm³/mol. The van der Waals surface area contributed by atoms with Crippen molar-refractivity contribution in [2.75, 3.05) is 12.8 Å². The number of ether oxygens (including phenoxy) is 1. The van der Waals surface area contributed by atoms with Crippen LogP contribution in [0.2, 0.25) is 0 Å². The first-order valence-electron chi connectivity index (χ1n) is 6.64. The average Bonchev–Trinajstić information content (AvgIpc) is 2.47. The van der Waals surface area contributed by atoms with Gasteiger partial charge in [0.25, 0.3) is 0 Å². The molecule has 0 spiro atoms. The molecule has 3 rings (SSSR count). The molecular formula is C16H16N4O. The normalized spacial score (nSPS) is 11.0. The molecule has 1 aromatic carbocycles. The summed E-state index contributed by atoms with van der Waals surface area (Å²) in [6.07, 6.45) is 1.47. The number of nitrogens with two attached hydrogens (primary N) is 1. The largest absolute Gasteiger partial charge is 0.384 e. The molecule has 0 aliphatic carbocycles. The number of benzene rings is 1. The van der Waals surface area contributed by atoms with Crippen molar-refractivity contribution in [3.8, 4) is 11.3 Å². The second-order valence-electron chi connectivity index (χ2n) is 4.92. The lowest BCUT2D eigenvalue weighted by Crippen LogP contribution is -1.95. The fourth-order valence-electron chi connectivity index (χ4n) is 2.37. The highest BCUT2D eigenvalue weighted by Crippen LogP contribution is 2.26. The molecule has 0 atom stereocenters. The van der Waals surface area contributed by atoms with E-state index in [4.69, 9.17) is 10.5 Å². The standard InChI is InChI=1S/C16H16N4O/c1-10-5-11(14-7-16(17)19-9-18-14)6-15-13(10)4-3-12(20-15)8-21-2/h3-7,9H,8H2,1-2H3,(H2,17,18,19). The molecule has 0 radical (unpaired) electrons. The van der Waals surface area contributed by atoms with E-state index in [1.54, 1.807) is 13.2 Å². The van der Waals surface area contributed by atoms with Gasteiger partial charge in [0.05, 0.1) is 23.5 Å².